The van der Waals surface area contributed by atoms with E-state index in [0.717, 1.165) is 11.1 Å². The highest BCUT2D eigenvalue weighted by Crippen LogP contribution is 2.08. The van der Waals surface area contributed by atoms with Crippen LogP contribution in [0.3, 0.4) is 0 Å². The number of pyridine rings is 1. The zero-order valence-electron chi connectivity index (χ0n) is 9.63. The van der Waals surface area contributed by atoms with E-state index in [1.807, 2.05) is 24.4 Å². The first kappa shape index (κ1) is 12.1. The van der Waals surface area contributed by atoms with Crippen LogP contribution in [0.4, 0.5) is 0 Å². The minimum atomic E-state index is -2.89. The topological polar surface area (TPSA) is 63.5 Å². The summed E-state index contributed by atoms with van der Waals surface area (Å²) >= 11 is 0. The molecule has 2 aromatic rings. The molecule has 0 unspecified atom stereocenters. The molecule has 0 atom stereocenters. The first-order valence-corrected chi connectivity index (χ1v) is 7.42. The summed E-state index contributed by atoms with van der Waals surface area (Å²) < 4.78 is 23.7. The molecule has 0 saturated heterocycles. The summed E-state index contributed by atoms with van der Waals surface area (Å²) in [6.45, 7) is 1.09. The summed E-state index contributed by atoms with van der Waals surface area (Å²) in [5.41, 5.74) is 2.11. The van der Waals surface area contributed by atoms with Gasteiger partial charge in [-0.05, 0) is 12.1 Å². The molecule has 0 saturated carbocycles. The fraction of sp³-hybridized carbons (Fsp3) is 0.364. The van der Waals surface area contributed by atoms with Crippen molar-refractivity contribution in [3.63, 3.8) is 0 Å². The lowest BCUT2D eigenvalue weighted by Crippen LogP contribution is -2.21. The molecule has 2 rings (SSSR count). The minimum absolute atomic E-state index is 0.159. The summed E-state index contributed by atoms with van der Waals surface area (Å²) in [7, 11) is -2.89. The van der Waals surface area contributed by atoms with Crippen LogP contribution in [-0.4, -0.2) is 36.6 Å². The Bertz CT molecular complexity index is 604. The van der Waals surface area contributed by atoms with Crippen LogP contribution in [0.5, 0.6) is 0 Å². The van der Waals surface area contributed by atoms with Gasteiger partial charge in [-0.25, -0.2) is 12.9 Å². The second-order valence-electron chi connectivity index (χ2n) is 4.01. The quantitative estimate of drug-likeness (QED) is 0.787. The van der Waals surface area contributed by atoms with Crippen molar-refractivity contribution in [2.45, 2.75) is 6.54 Å². The van der Waals surface area contributed by atoms with Crippen LogP contribution in [0.2, 0.25) is 0 Å². The predicted molar refractivity (Wildman–Crippen MR) is 66.6 cm³/mol. The molecular weight excluding hydrogens is 238 g/mol. The third-order valence-electron chi connectivity index (χ3n) is 2.47. The lowest BCUT2D eigenvalue weighted by atomic mass is 10.2. The van der Waals surface area contributed by atoms with E-state index in [1.54, 1.807) is 10.7 Å². The normalized spacial score (nSPS) is 12.1. The van der Waals surface area contributed by atoms with Crippen molar-refractivity contribution < 1.29 is 8.42 Å². The predicted octanol–water partition coefficient (Wildman–Crippen LogP) is 0.469. The molecule has 0 radical (unpaired) electrons. The number of hydrogen-bond donors (Lipinski definition) is 1. The highest BCUT2D eigenvalue weighted by Gasteiger charge is 2.04. The Labute approximate surface area is 100 Å². The lowest BCUT2D eigenvalue weighted by molar-refractivity contribution is 0.596. The van der Waals surface area contributed by atoms with E-state index in [0.29, 0.717) is 13.1 Å². The number of sulfone groups is 1. The summed E-state index contributed by atoms with van der Waals surface area (Å²) in [5.74, 6) is 0.159. The van der Waals surface area contributed by atoms with E-state index in [1.165, 1.54) is 6.26 Å². The molecule has 92 valence electrons. The van der Waals surface area contributed by atoms with Gasteiger partial charge in [0, 0.05) is 31.1 Å². The van der Waals surface area contributed by atoms with Crippen LogP contribution in [0, 0.1) is 0 Å². The molecule has 0 spiro atoms. The molecule has 0 fully saturated rings. The zero-order chi connectivity index (χ0) is 12.3. The van der Waals surface area contributed by atoms with E-state index in [2.05, 4.69) is 10.4 Å². The van der Waals surface area contributed by atoms with Crippen LogP contribution in [0.1, 0.15) is 5.56 Å². The van der Waals surface area contributed by atoms with Crippen molar-refractivity contribution in [2.75, 3.05) is 18.6 Å². The van der Waals surface area contributed by atoms with Crippen molar-refractivity contribution in [3.05, 3.63) is 36.2 Å². The maximum Gasteiger partial charge on any atom is 0.148 e. The van der Waals surface area contributed by atoms with E-state index >= 15 is 0 Å². The third-order valence-corrected chi connectivity index (χ3v) is 3.42. The van der Waals surface area contributed by atoms with Gasteiger partial charge < -0.3 is 5.32 Å². The Hall–Kier alpha value is -1.40. The molecule has 0 aromatic carbocycles. The maximum atomic E-state index is 10.9. The summed E-state index contributed by atoms with van der Waals surface area (Å²) in [5, 5.41) is 7.31. The second kappa shape index (κ2) is 4.85. The molecule has 5 nitrogen and oxygen atoms in total. The largest absolute Gasteiger partial charge is 0.312 e. The molecule has 1 N–H and O–H groups in total. The molecule has 0 aliphatic carbocycles. The van der Waals surface area contributed by atoms with Crippen LogP contribution in [-0.2, 0) is 16.4 Å². The minimum Gasteiger partial charge on any atom is -0.312 e. The number of fused-ring (bicyclic) bond motifs is 1. The first-order chi connectivity index (χ1) is 8.06. The van der Waals surface area contributed by atoms with Gasteiger partial charge in [0.05, 0.1) is 17.5 Å². The lowest BCUT2D eigenvalue weighted by Gasteiger charge is -2.02. The molecular formula is C11H15N3O2S. The van der Waals surface area contributed by atoms with Crippen LogP contribution < -0.4 is 5.32 Å². The number of nitrogens with one attached hydrogen (secondary N) is 1. The zero-order valence-corrected chi connectivity index (χ0v) is 10.4. The molecule has 0 aliphatic rings. The Balaban J connectivity index is 1.96. The smallest absolute Gasteiger partial charge is 0.148 e. The first-order valence-electron chi connectivity index (χ1n) is 5.36. The van der Waals surface area contributed by atoms with Gasteiger partial charge in [-0.3, -0.25) is 0 Å². The van der Waals surface area contributed by atoms with E-state index in [4.69, 9.17) is 0 Å². The molecule has 0 aliphatic heterocycles. The van der Waals surface area contributed by atoms with E-state index in [9.17, 15) is 8.42 Å². The Kier molecular flexibility index (Phi) is 3.44. The molecule has 2 heterocycles. The monoisotopic (exact) mass is 253 g/mol. The van der Waals surface area contributed by atoms with Gasteiger partial charge in [-0.15, -0.1) is 0 Å². The van der Waals surface area contributed by atoms with E-state index in [-0.39, 0.29) is 5.75 Å². The number of nitrogens with zero attached hydrogens (tertiary/aromatic N) is 2. The average molecular weight is 253 g/mol. The average Bonchev–Trinajstić information content (AvgIpc) is 2.67. The number of rotatable bonds is 5. The molecule has 17 heavy (non-hydrogen) atoms. The van der Waals surface area contributed by atoms with Gasteiger partial charge in [0.15, 0.2) is 0 Å². The second-order valence-corrected chi connectivity index (χ2v) is 6.27. The molecule has 2 aromatic heterocycles. The fourth-order valence-electron chi connectivity index (χ4n) is 1.60. The van der Waals surface area contributed by atoms with Crippen LogP contribution >= 0.6 is 0 Å². The highest BCUT2D eigenvalue weighted by molar-refractivity contribution is 7.90. The van der Waals surface area contributed by atoms with Gasteiger partial charge in [-0.1, -0.05) is 6.07 Å². The van der Waals surface area contributed by atoms with Gasteiger partial charge in [-0.2, -0.15) is 5.10 Å². The SMILES string of the molecule is CS(=O)(=O)CCNCc1cnn2ccccc12. The van der Waals surface area contributed by atoms with Gasteiger partial charge in [0.1, 0.15) is 9.84 Å². The standard InChI is InChI=1S/C11H15N3O2S/c1-17(15,16)7-5-12-8-10-9-13-14-6-3-2-4-11(10)14/h2-4,6,9,12H,5,7-8H2,1H3. The molecule has 0 bridgehead atoms. The number of aromatic nitrogens is 2. The fourth-order valence-corrected chi connectivity index (χ4v) is 2.12. The maximum absolute atomic E-state index is 10.9. The molecule has 0 amide bonds. The Morgan fingerprint density at radius 3 is 3.00 bits per heavy atom. The van der Waals surface area contributed by atoms with Crippen molar-refractivity contribution >= 4 is 15.4 Å². The van der Waals surface area contributed by atoms with Gasteiger partial charge >= 0.3 is 0 Å². The summed E-state index contributed by atoms with van der Waals surface area (Å²) in [6.07, 6.45) is 4.92. The third kappa shape index (κ3) is 3.28. The highest BCUT2D eigenvalue weighted by atomic mass is 32.2. The molecule has 6 heteroatoms. The number of hydrogen-bond acceptors (Lipinski definition) is 4. The van der Waals surface area contributed by atoms with Gasteiger partial charge in [0.2, 0.25) is 0 Å². The van der Waals surface area contributed by atoms with Crippen molar-refractivity contribution in [1.82, 2.24) is 14.9 Å². The van der Waals surface area contributed by atoms with Crippen molar-refractivity contribution in [3.8, 4) is 0 Å². The van der Waals surface area contributed by atoms with Crippen molar-refractivity contribution in [1.29, 1.82) is 0 Å². The van der Waals surface area contributed by atoms with Gasteiger partial charge in [0.25, 0.3) is 0 Å². The van der Waals surface area contributed by atoms with Crippen LogP contribution in [0.25, 0.3) is 5.52 Å². The Morgan fingerprint density at radius 1 is 1.41 bits per heavy atom. The summed E-state index contributed by atoms with van der Waals surface area (Å²) in [4.78, 5) is 0. The van der Waals surface area contributed by atoms with Crippen LogP contribution in [0.15, 0.2) is 30.6 Å². The van der Waals surface area contributed by atoms with E-state index < -0.39 is 9.84 Å². The van der Waals surface area contributed by atoms with Crippen molar-refractivity contribution in [2.24, 2.45) is 0 Å². The Morgan fingerprint density at radius 2 is 2.24 bits per heavy atom. The summed E-state index contributed by atoms with van der Waals surface area (Å²) in [6, 6.07) is 5.86.